The van der Waals surface area contributed by atoms with Crippen LogP contribution >= 0.6 is 0 Å². The Labute approximate surface area is 126 Å². The molecule has 0 N–H and O–H groups in total. The lowest BCUT2D eigenvalue weighted by Crippen LogP contribution is -2.61. The molecule has 4 heteroatoms. The second kappa shape index (κ2) is 4.47. The van der Waals surface area contributed by atoms with Gasteiger partial charge in [-0.2, -0.15) is 0 Å². The summed E-state index contributed by atoms with van der Waals surface area (Å²) < 4.78 is 0. The predicted octanol–water partition coefficient (Wildman–Crippen LogP) is 2.88. The van der Waals surface area contributed by atoms with Crippen LogP contribution in [-0.4, -0.2) is 40.4 Å². The molecule has 0 aromatic heterocycles. The van der Waals surface area contributed by atoms with Crippen LogP contribution in [-0.2, 0) is 4.79 Å². The van der Waals surface area contributed by atoms with Crippen molar-refractivity contribution in [2.24, 2.45) is 23.7 Å². The summed E-state index contributed by atoms with van der Waals surface area (Å²) in [6, 6.07) is -0.00403. The lowest BCUT2D eigenvalue weighted by Gasteiger charge is -2.58. The first-order chi connectivity index (χ1) is 9.97. The maximum atomic E-state index is 12.8. The Balaban J connectivity index is 1.61. The Kier molecular flexibility index (Phi) is 2.89. The molecule has 5 fully saturated rings. The summed E-state index contributed by atoms with van der Waals surface area (Å²) in [6.45, 7) is 5.21. The molecule has 0 spiro atoms. The fourth-order valence-electron chi connectivity index (χ4n) is 5.94. The molecule has 4 saturated carbocycles. The van der Waals surface area contributed by atoms with Crippen LogP contribution in [0, 0.1) is 23.7 Å². The molecule has 0 aromatic carbocycles. The Hall–Kier alpha value is -1.06. The van der Waals surface area contributed by atoms with Crippen molar-refractivity contribution in [2.75, 3.05) is 13.1 Å². The maximum Gasteiger partial charge on any atom is 0.327 e. The van der Waals surface area contributed by atoms with Crippen molar-refractivity contribution in [2.45, 2.75) is 57.9 Å². The second-order valence-corrected chi connectivity index (χ2v) is 8.43. The minimum absolute atomic E-state index is 0.00403. The standard InChI is InChI=1S/C17H26N2O2/c1-11(2)9-18-10-15(20)19(16(18)21)17-6-12-3-13(7-17)5-14(4-12)8-17/h11-14H,3-10H2,1-2H3. The first-order valence-corrected chi connectivity index (χ1v) is 8.59. The van der Waals surface area contributed by atoms with Crippen molar-refractivity contribution >= 4 is 11.9 Å². The van der Waals surface area contributed by atoms with E-state index in [9.17, 15) is 9.59 Å². The molecule has 4 nitrogen and oxygen atoms in total. The molecular weight excluding hydrogens is 264 g/mol. The Morgan fingerprint density at radius 3 is 2.05 bits per heavy atom. The molecule has 1 aliphatic heterocycles. The number of hydrogen-bond donors (Lipinski definition) is 0. The van der Waals surface area contributed by atoms with E-state index >= 15 is 0 Å². The van der Waals surface area contributed by atoms with Crippen molar-refractivity contribution in [3.63, 3.8) is 0 Å². The highest BCUT2D eigenvalue weighted by molar-refractivity contribution is 6.03. The van der Waals surface area contributed by atoms with Gasteiger partial charge in [0.05, 0.1) is 5.54 Å². The van der Waals surface area contributed by atoms with Gasteiger partial charge in [-0.15, -0.1) is 0 Å². The monoisotopic (exact) mass is 290 g/mol. The van der Waals surface area contributed by atoms with Crippen molar-refractivity contribution in [3.05, 3.63) is 0 Å². The summed E-state index contributed by atoms with van der Waals surface area (Å²) >= 11 is 0. The van der Waals surface area contributed by atoms with Crippen LogP contribution in [0.5, 0.6) is 0 Å². The summed E-state index contributed by atoms with van der Waals surface area (Å²) in [5, 5.41) is 0. The normalized spacial score (nSPS) is 41.8. The molecule has 0 atom stereocenters. The van der Waals surface area contributed by atoms with Crippen molar-refractivity contribution in [3.8, 4) is 0 Å². The molecule has 1 saturated heterocycles. The highest BCUT2D eigenvalue weighted by Gasteiger charge is 2.58. The van der Waals surface area contributed by atoms with E-state index in [0.717, 1.165) is 37.0 Å². The zero-order valence-electron chi connectivity index (χ0n) is 13.2. The fraction of sp³-hybridized carbons (Fsp3) is 0.882. The van der Waals surface area contributed by atoms with E-state index in [1.54, 1.807) is 9.80 Å². The number of amides is 3. The van der Waals surface area contributed by atoms with E-state index in [1.807, 2.05) is 0 Å². The van der Waals surface area contributed by atoms with Crippen molar-refractivity contribution < 1.29 is 9.59 Å². The molecule has 0 aromatic rings. The average Bonchev–Trinajstić information content (AvgIpc) is 2.62. The van der Waals surface area contributed by atoms with Gasteiger partial charge in [-0.3, -0.25) is 9.69 Å². The Bertz CT molecular complexity index is 450. The Morgan fingerprint density at radius 2 is 1.57 bits per heavy atom. The lowest BCUT2D eigenvalue weighted by atomic mass is 9.52. The first kappa shape index (κ1) is 13.6. The third kappa shape index (κ3) is 2.01. The summed E-state index contributed by atoms with van der Waals surface area (Å²) in [5.74, 6) is 2.75. The minimum atomic E-state index is -0.116. The number of carbonyl (C=O) groups is 2. The quantitative estimate of drug-likeness (QED) is 0.750. The van der Waals surface area contributed by atoms with E-state index in [2.05, 4.69) is 13.8 Å². The third-order valence-electron chi connectivity index (χ3n) is 6.10. The van der Waals surface area contributed by atoms with E-state index in [4.69, 9.17) is 0 Å². The van der Waals surface area contributed by atoms with E-state index in [0.29, 0.717) is 19.0 Å². The van der Waals surface area contributed by atoms with E-state index in [-0.39, 0.29) is 17.5 Å². The van der Waals surface area contributed by atoms with Crippen molar-refractivity contribution in [1.82, 2.24) is 9.80 Å². The van der Waals surface area contributed by atoms with Gasteiger partial charge >= 0.3 is 6.03 Å². The summed E-state index contributed by atoms with van der Waals surface area (Å²) in [7, 11) is 0. The number of rotatable bonds is 3. The van der Waals surface area contributed by atoms with Crippen molar-refractivity contribution in [1.29, 1.82) is 0 Å². The molecule has 116 valence electrons. The lowest BCUT2D eigenvalue weighted by molar-refractivity contribution is -0.138. The molecule has 1 heterocycles. The molecule has 3 amide bonds. The van der Waals surface area contributed by atoms with Gasteiger partial charge in [-0.25, -0.2) is 4.79 Å². The van der Waals surface area contributed by atoms with Crippen LogP contribution in [0.25, 0.3) is 0 Å². The summed E-state index contributed by atoms with van der Waals surface area (Å²) in [6.07, 6.45) is 7.24. The zero-order chi connectivity index (χ0) is 14.8. The predicted molar refractivity (Wildman–Crippen MR) is 79.6 cm³/mol. The average molecular weight is 290 g/mol. The van der Waals surface area contributed by atoms with E-state index in [1.165, 1.54) is 19.3 Å². The highest BCUT2D eigenvalue weighted by Crippen LogP contribution is 2.58. The SMILES string of the molecule is CC(C)CN1CC(=O)N(C23CC4CC(CC(C4)C2)C3)C1=O. The minimum Gasteiger partial charge on any atom is -0.315 e. The van der Waals surface area contributed by atoms with Crippen LogP contribution < -0.4 is 0 Å². The molecule has 4 aliphatic carbocycles. The van der Waals surface area contributed by atoms with Gasteiger partial charge in [0.2, 0.25) is 0 Å². The van der Waals surface area contributed by atoms with Gasteiger partial charge in [0, 0.05) is 6.54 Å². The van der Waals surface area contributed by atoms with Crippen LogP contribution in [0.1, 0.15) is 52.4 Å². The number of imide groups is 1. The van der Waals surface area contributed by atoms with Crippen LogP contribution in [0.4, 0.5) is 4.79 Å². The van der Waals surface area contributed by atoms with Gasteiger partial charge in [0.15, 0.2) is 0 Å². The smallest absolute Gasteiger partial charge is 0.315 e. The first-order valence-electron chi connectivity index (χ1n) is 8.59. The fourth-order valence-corrected chi connectivity index (χ4v) is 5.94. The number of nitrogens with zero attached hydrogens (tertiary/aromatic N) is 2. The van der Waals surface area contributed by atoms with Gasteiger partial charge < -0.3 is 4.90 Å². The molecule has 0 unspecified atom stereocenters. The van der Waals surface area contributed by atoms with Crippen LogP contribution in [0.2, 0.25) is 0 Å². The molecule has 5 rings (SSSR count). The second-order valence-electron chi connectivity index (χ2n) is 8.43. The number of hydrogen-bond acceptors (Lipinski definition) is 2. The van der Waals surface area contributed by atoms with Gasteiger partial charge in [0.1, 0.15) is 6.54 Å². The highest BCUT2D eigenvalue weighted by atomic mass is 16.2. The molecule has 4 bridgehead atoms. The topological polar surface area (TPSA) is 40.6 Å². The number of urea groups is 1. The molecule has 5 aliphatic rings. The summed E-state index contributed by atoms with van der Waals surface area (Å²) in [5.41, 5.74) is -0.116. The molecular formula is C17H26N2O2. The van der Waals surface area contributed by atoms with Gasteiger partial charge in [0.25, 0.3) is 5.91 Å². The van der Waals surface area contributed by atoms with Gasteiger partial charge in [-0.05, 0) is 62.2 Å². The summed E-state index contributed by atoms with van der Waals surface area (Å²) in [4.78, 5) is 28.8. The van der Waals surface area contributed by atoms with Gasteiger partial charge in [-0.1, -0.05) is 13.8 Å². The maximum absolute atomic E-state index is 12.8. The van der Waals surface area contributed by atoms with E-state index < -0.39 is 0 Å². The zero-order valence-corrected chi connectivity index (χ0v) is 13.2. The molecule has 21 heavy (non-hydrogen) atoms. The largest absolute Gasteiger partial charge is 0.327 e. The van der Waals surface area contributed by atoms with Crippen LogP contribution in [0.3, 0.4) is 0 Å². The molecule has 0 radical (unpaired) electrons. The Morgan fingerprint density at radius 1 is 1.05 bits per heavy atom. The number of carbonyl (C=O) groups excluding carboxylic acids is 2. The third-order valence-corrected chi connectivity index (χ3v) is 6.10. The van der Waals surface area contributed by atoms with Crippen LogP contribution in [0.15, 0.2) is 0 Å².